The number of likely N-dealkylation sites (tertiary alicyclic amines) is 1. The molecule has 1 aromatic rings. The van der Waals surface area contributed by atoms with Crippen LogP contribution in [0, 0.1) is 0 Å². The number of amides is 2. The van der Waals surface area contributed by atoms with Crippen molar-refractivity contribution in [2.24, 2.45) is 7.05 Å². The van der Waals surface area contributed by atoms with Gasteiger partial charge in [0.25, 0.3) is 11.8 Å². The summed E-state index contributed by atoms with van der Waals surface area (Å²) < 4.78 is 6.90. The molecule has 1 fully saturated rings. The van der Waals surface area contributed by atoms with E-state index in [1.165, 1.54) is 10.7 Å². The second-order valence-electron chi connectivity index (χ2n) is 4.87. The maximum Gasteiger partial charge on any atom is 0.272 e. The number of carbonyl (C=O) groups is 2. The molecular weight excluding hydrogens is 272 g/mol. The lowest BCUT2D eigenvalue weighted by molar-refractivity contribution is -0.132. The maximum atomic E-state index is 11.9. The molecule has 0 unspecified atom stereocenters. The number of nitrogens with one attached hydrogen (secondary N) is 1. The van der Waals surface area contributed by atoms with E-state index in [2.05, 4.69) is 17.0 Å². The van der Waals surface area contributed by atoms with Crippen molar-refractivity contribution in [1.82, 2.24) is 20.0 Å². The first-order valence-corrected chi connectivity index (χ1v) is 6.95. The van der Waals surface area contributed by atoms with Gasteiger partial charge >= 0.3 is 0 Å². The van der Waals surface area contributed by atoms with E-state index in [4.69, 9.17) is 4.74 Å². The van der Waals surface area contributed by atoms with Crippen LogP contribution in [0.3, 0.4) is 0 Å². The number of aryl methyl sites for hydroxylation is 1. The average Bonchev–Trinajstić information content (AvgIpc) is 3.12. The lowest BCUT2D eigenvalue weighted by Gasteiger charge is -2.15. The van der Waals surface area contributed by atoms with Gasteiger partial charge in [-0.05, 0) is 12.8 Å². The Hall–Kier alpha value is -2.31. The van der Waals surface area contributed by atoms with Crippen molar-refractivity contribution in [3.05, 3.63) is 24.4 Å². The molecule has 0 radical (unpaired) electrons. The SMILES string of the molecule is C=CCNC(=O)c1cc(OCC(=O)N2CCCC2)n(C)n1. The predicted molar refractivity (Wildman–Crippen MR) is 77.0 cm³/mol. The van der Waals surface area contributed by atoms with Gasteiger partial charge in [0.1, 0.15) is 0 Å². The molecule has 1 aromatic heterocycles. The van der Waals surface area contributed by atoms with Crippen LogP contribution in [0.1, 0.15) is 23.3 Å². The zero-order chi connectivity index (χ0) is 15.2. The van der Waals surface area contributed by atoms with Crippen molar-refractivity contribution in [2.45, 2.75) is 12.8 Å². The Morgan fingerprint density at radius 1 is 1.48 bits per heavy atom. The molecule has 0 spiro atoms. The quantitative estimate of drug-likeness (QED) is 0.767. The van der Waals surface area contributed by atoms with Gasteiger partial charge < -0.3 is 15.0 Å². The third-order valence-corrected chi connectivity index (χ3v) is 3.28. The monoisotopic (exact) mass is 292 g/mol. The maximum absolute atomic E-state index is 11.9. The predicted octanol–water partition coefficient (Wildman–Crippen LogP) is 0.337. The number of aromatic nitrogens is 2. The van der Waals surface area contributed by atoms with E-state index in [-0.39, 0.29) is 24.1 Å². The molecule has 0 saturated carbocycles. The van der Waals surface area contributed by atoms with Gasteiger partial charge in [-0.2, -0.15) is 5.10 Å². The van der Waals surface area contributed by atoms with Crippen LogP contribution < -0.4 is 10.1 Å². The van der Waals surface area contributed by atoms with Crippen LogP contribution in [0.15, 0.2) is 18.7 Å². The van der Waals surface area contributed by atoms with E-state index in [1.807, 2.05) is 0 Å². The molecule has 1 aliphatic rings. The smallest absolute Gasteiger partial charge is 0.272 e. The highest BCUT2D eigenvalue weighted by atomic mass is 16.5. The van der Waals surface area contributed by atoms with Crippen molar-refractivity contribution in [2.75, 3.05) is 26.2 Å². The standard InChI is InChI=1S/C14H20N4O3/c1-3-6-15-14(20)11-9-13(17(2)16-11)21-10-12(19)18-7-4-5-8-18/h3,9H,1,4-8,10H2,2H3,(H,15,20). The number of hydrogen-bond donors (Lipinski definition) is 1. The Morgan fingerprint density at radius 3 is 2.86 bits per heavy atom. The van der Waals surface area contributed by atoms with Crippen molar-refractivity contribution in [3.63, 3.8) is 0 Å². The summed E-state index contributed by atoms with van der Waals surface area (Å²) in [5.41, 5.74) is 0.253. The summed E-state index contributed by atoms with van der Waals surface area (Å²) >= 11 is 0. The normalized spacial score (nSPS) is 14.0. The molecule has 7 heteroatoms. The molecule has 21 heavy (non-hydrogen) atoms. The highest BCUT2D eigenvalue weighted by molar-refractivity contribution is 5.92. The Bertz CT molecular complexity index is 532. The molecule has 2 amide bonds. The topological polar surface area (TPSA) is 76.5 Å². The van der Waals surface area contributed by atoms with Crippen LogP contribution in [0.2, 0.25) is 0 Å². The number of carbonyl (C=O) groups excluding carboxylic acids is 2. The van der Waals surface area contributed by atoms with Gasteiger partial charge in [0.2, 0.25) is 5.88 Å². The molecule has 1 aliphatic heterocycles. The third-order valence-electron chi connectivity index (χ3n) is 3.28. The molecular formula is C14H20N4O3. The Balaban J connectivity index is 1.91. The Labute approximate surface area is 123 Å². The highest BCUT2D eigenvalue weighted by Gasteiger charge is 2.19. The minimum absolute atomic E-state index is 0.0345. The summed E-state index contributed by atoms with van der Waals surface area (Å²) in [6.45, 7) is 5.46. The van der Waals surface area contributed by atoms with Gasteiger partial charge in [0.15, 0.2) is 12.3 Å². The van der Waals surface area contributed by atoms with Crippen molar-refractivity contribution >= 4 is 11.8 Å². The third kappa shape index (κ3) is 3.84. The molecule has 2 rings (SSSR count). The van der Waals surface area contributed by atoms with E-state index in [0.29, 0.717) is 12.4 Å². The van der Waals surface area contributed by atoms with E-state index < -0.39 is 0 Å². The fourth-order valence-electron chi connectivity index (χ4n) is 2.15. The summed E-state index contributed by atoms with van der Waals surface area (Å²) in [5, 5.41) is 6.69. The molecule has 0 aromatic carbocycles. The minimum Gasteiger partial charge on any atom is -0.468 e. The molecule has 1 saturated heterocycles. The minimum atomic E-state index is -0.300. The van der Waals surface area contributed by atoms with E-state index in [1.54, 1.807) is 18.0 Å². The van der Waals surface area contributed by atoms with Crippen LogP contribution >= 0.6 is 0 Å². The number of nitrogens with zero attached hydrogens (tertiary/aromatic N) is 3. The summed E-state index contributed by atoms with van der Waals surface area (Å²) in [6, 6.07) is 1.52. The van der Waals surface area contributed by atoms with Gasteiger partial charge in [-0.25, -0.2) is 4.68 Å². The van der Waals surface area contributed by atoms with Gasteiger partial charge in [0, 0.05) is 32.7 Å². The zero-order valence-electron chi connectivity index (χ0n) is 12.2. The van der Waals surface area contributed by atoms with Crippen LogP contribution in [0.5, 0.6) is 5.88 Å². The Kier molecular flexibility index (Phi) is 4.97. The largest absolute Gasteiger partial charge is 0.468 e. The first-order valence-electron chi connectivity index (χ1n) is 6.95. The molecule has 0 aliphatic carbocycles. The summed E-state index contributed by atoms with van der Waals surface area (Å²) in [4.78, 5) is 25.4. The number of ether oxygens (including phenoxy) is 1. The second kappa shape index (κ2) is 6.92. The zero-order valence-corrected chi connectivity index (χ0v) is 12.2. The number of rotatable bonds is 6. The first kappa shape index (κ1) is 15.1. The molecule has 2 heterocycles. The van der Waals surface area contributed by atoms with E-state index >= 15 is 0 Å². The summed E-state index contributed by atoms with van der Waals surface area (Å²) in [7, 11) is 1.67. The van der Waals surface area contributed by atoms with E-state index in [0.717, 1.165) is 25.9 Å². The van der Waals surface area contributed by atoms with Crippen molar-refractivity contribution in [3.8, 4) is 5.88 Å². The first-order chi connectivity index (χ1) is 10.1. The van der Waals surface area contributed by atoms with Crippen LogP contribution in [0.25, 0.3) is 0 Å². The Morgan fingerprint density at radius 2 is 2.19 bits per heavy atom. The van der Waals surface area contributed by atoms with Gasteiger partial charge in [0.05, 0.1) is 0 Å². The lowest BCUT2D eigenvalue weighted by atomic mass is 10.4. The lowest BCUT2D eigenvalue weighted by Crippen LogP contribution is -2.32. The van der Waals surface area contributed by atoms with Crippen molar-refractivity contribution in [1.29, 1.82) is 0 Å². The average molecular weight is 292 g/mol. The molecule has 114 valence electrons. The van der Waals surface area contributed by atoms with Crippen LogP contribution in [-0.2, 0) is 11.8 Å². The molecule has 7 nitrogen and oxygen atoms in total. The van der Waals surface area contributed by atoms with Gasteiger partial charge in [-0.1, -0.05) is 6.08 Å². The van der Waals surface area contributed by atoms with Gasteiger partial charge in [-0.15, -0.1) is 6.58 Å². The van der Waals surface area contributed by atoms with Crippen LogP contribution in [-0.4, -0.2) is 52.7 Å². The van der Waals surface area contributed by atoms with E-state index in [9.17, 15) is 9.59 Å². The molecule has 0 bridgehead atoms. The van der Waals surface area contributed by atoms with Crippen LogP contribution in [0.4, 0.5) is 0 Å². The highest BCUT2D eigenvalue weighted by Crippen LogP contribution is 2.13. The second-order valence-corrected chi connectivity index (χ2v) is 4.87. The van der Waals surface area contributed by atoms with Gasteiger partial charge in [-0.3, -0.25) is 9.59 Å². The number of hydrogen-bond acceptors (Lipinski definition) is 4. The molecule has 0 atom stereocenters. The summed E-state index contributed by atoms with van der Waals surface area (Å²) in [5.74, 6) is 0.0591. The van der Waals surface area contributed by atoms with Crippen molar-refractivity contribution < 1.29 is 14.3 Å². The fourth-order valence-corrected chi connectivity index (χ4v) is 2.15. The molecule has 1 N–H and O–H groups in total. The summed E-state index contributed by atoms with van der Waals surface area (Å²) in [6.07, 6.45) is 3.68. The fraction of sp³-hybridized carbons (Fsp3) is 0.500.